The summed E-state index contributed by atoms with van der Waals surface area (Å²) in [5.74, 6) is 0.0937. The molecule has 0 spiro atoms. The fraction of sp³-hybridized carbons (Fsp3) is 0.500. The number of nitrogens with one attached hydrogen (secondary N) is 1. The van der Waals surface area contributed by atoms with E-state index in [1.54, 1.807) is 0 Å². The molecule has 4 rings (SSSR count). The van der Waals surface area contributed by atoms with E-state index in [1.807, 2.05) is 23.1 Å². The predicted octanol–water partition coefficient (Wildman–Crippen LogP) is 4.14. The van der Waals surface area contributed by atoms with E-state index in [2.05, 4.69) is 46.6 Å². The van der Waals surface area contributed by atoms with Crippen molar-refractivity contribution in [2.24, 2.45) is 0 Å². The summed E-state index contributed by atoms with van der Waals surface area (Å²) in [5.41, 5.74) is 3.12. The van der Waals surface area contributed by atoms with Crippen molar-refractivity contribution in [1.29, 1.82) is 0 Å². The molecule has 2 N–H and O–H groups in total. The molecule has 2 aromatic carbocycles. The molecule has 166 valence electrons. The van der Waals surface area contributed by atoms with Crippen molar-refractivity contribution >= 4 is 11.6 Å². The van der Waals surface area contributed by atoms with Gasteiger partial charge in [0.15, 0.2) is 0 Å². The van der Waals surface area contributed by atoms with Crippen LogP contribution in [0.1, 0.15) is 54.4 Å². The Bertz CT molecular complexity index is 840. The van der Waals surface area contributed by atoms with Crippen LogP contribution in [0.5, 0.6) is 0 Å². The minimum absolute atomic E-state index is 0.0937. The number of amides is 1. The van der Waals surface area contributed by atoms with E-state index in [4.69, 9.17) is 0 Å². The van der Waals surface area contributed by atoms with Crippen LogP contribution in [0.25, 0.3) is 0 Å². The van der Waals surface area contributed by atoms with Crippen LogP contribution in [0.4, 0.5) is 5.69 Å². The minimum atomic E-state index is 0.0937. The number of carbonyl (C=O) groups excluding carboxylic acids is 1. The molecule has 0 aliphatic carbocycles. The van der Waals surface area contributed by atoms with E-state index in [0.717, 1.165) is 63.1 Å². The highest BCUT2D eigenvalue weighted by Gasteiger charge is 2.27. The lowest BCUT2D eigenvalue weighted by atomic mass is 9.98. The molecule has 0 bridgehead atoms. The van der Waals surface area contributed by atoms with E-state index >= 15 is 0 Å². The first-order valence-electron chi connectivity index (χ1n) is 11.8. The van der Waals surface area contributed by atoms with Crippen molar-refractivity contribution in [2.75, 3.05) is 31.6 Å². The number of benzene rings is 2. The molecule has 2 saturated heterocycles. The first-order chi connectivity index (χ1) is 15.2. The minimum Gasteiger partial charge on any atom is -0.396 e. The maximum absolute atomic E-state index is 13.2. The van der Waals surface area contributed by atoms with Gasteiger partial charge < -0.3 is 15.3 Å². The number of aliphatic hydroxyl groups is 1. The molecular formula is C26H35N3O2. The summed E-state index contributed by atoms with van der Waals surface area (Å²) in [6.45, 7) is 4.05. The van der Waals surface area contributed by atoms with Crippen LogP contribution < -0.4 is 5.32 Å². The molecule has 1 amide bonds. The molecule has 2 aliphatic heterocycles. The fourth-order valence-corrected chi connectivity index (χ4v) is 5.02. The zero-order valence-corrected chi connectivity index (χ0v) is 18.4. The first kappa shape index (κ1) is 21.8. The van der Waals surface area contributed by atoms with Gasteiger partial charge in [0.2, 0.25) is 0 Å². The predicted molar refractivity (Wildman–Crippen MR) is 125 cm³/mol. The molecule has 2 atom stereocenters. The number of likely N-dealkylation sites (tertiary alicyclic amines) is 2. The van der Waals surface area contributed by atoms with Gasteiger partial charge in [0.1, 0.15) is 0 Å². The van der Waals surface area contributed by atoms with Gasteiger partial charge in [-0.05, 0) is 68.8 Å². The van der Waals surface area contributed by atoms with E-state index in [1.165, 1.54) is 12.0 Å². The van der Waals surface area contributed by atoms with Crippen LogP contribution in [-0.2, 0) is 6.54 Å². The largest absolute Gasteiger partial charge is 0.396 e. The Hall–Kier alpha value is -2.37. The van der Waals surface area contributed by atoms with Crippen molar-refractivity contribution in [2.45, 2.75) is 57.2 Å². The third-order valence-corrected chi connectivity index (χ3v) is 6.59. The third kappa shape index (κ3) is 5.86. The van der Waals surface area contributed by atoms with Crippen molar-refractivity contribution < 1.29 is 9.90 Å². The molecular weight excluding hydrogens is 386 g/mol. The second-order valence-electron chi connectivity index (χ2n) is 8.95. The monoisotopic (exact) mass is 421 g/mol. The fourth-order valence-electron chi connectivity index (χ4n) is 5.02. The van der Waals surface area contributed by atoms with E-state index in [0.29, 0.717) is 12.5 Å². The smallest absolute Gasteiger partial charge is 0.254 e. The van der Waals surface area contributed by atoms with Gasteiger partial charge in [-0.1, -0.05) is 36.4 Å². The van der Waals surface area contributed by atoms with Crippen molar-refractivity contribution in [1.82, 2.24) is 9.80 Å². The second kappa shape index (κ2) is 10.8. The quantitative estimate of drug-likeness (QED) is 0.706. The summed E-state index contributed by atoms with van der Waals surface area (Å²) in [6, 6.07) is 19.2. The molecule has 5 nitrogen and oxygen atoms in total. The Balaban J connectivity index is 1.38. The highest BCUT2D eigenvalue weighted by atomic mass is 16.3. The van der Waals surface area contributed by atoms with E-state index in [9.17, 15) is 9.90 Å². The van der Waals surface area contributed by atoms with Gasteiger partial charge in [-0.3, -0.25) is 9.69 Å². The van der Waals surface area contributed by atoms with E-state index < -0.39 is 0 Å². The average Bonchev–Trinajstić information content (AvgIpc) is 2.80. The number of anilines is 1. The normalized spacial score (nSPS) is 22.3. The Morgan fingerprint density at radius 2 is 1.87 bits per heavy atom. The number of aliphatic hydroxyl groups excluding tert-OH is 1. The molecule has 0 aromatic heterocycles. The lowest BCUT2D eigenvalue weighted by molar-refractivity contribution is 0.0574. The van der Waals surface area contributed by atoms with Gasteiger partial charge in [-0.15, -0.1) is 0 Å². The van der Waals surface area contributed by atoms with Crippen LogP contribution in [0, 0.1) is 0 Å². The first-order valence-corrected chi connectivity index (χ1v) is 11.8. The maximum Gasteiger partial charge on any atom is 0.254 e. The highest BCUT2D eigenvalue weighted by Crippen LogP contribution is 2.24. The zero-order valence-electron chi connectivity index (χ0n) is 18.4. The number of hydrogen-bond donors (Lipinski definition) is 2. The molecule has 2 heterocycles. The van der Waals surface area contributed by atoms with Gasteiger partial charge in [0, 0.05) is 49.6 Å². The van der Waals surface area contributed by atoms with Crippen molar-refractivity contribution in [3.05, 3.63) is 65.7 Å². The highest BCUT2D eigenvalue weighted by molar-refractivity contribution is 5.95. The Morgan fingerprint density at radius 3 is 2.71 bits per heavy atom. The van der Waals surface area contributed by atoms with Gasteiger partial charge in [0.25, 0.3) is 5.91 Å². The third-order valence-electron chi connectivity index (χ3n) is 6.59. The second-order valence-corrected chi connectivity index (χ2v) is 8.95. The van der Waals surface area contributed by atoms with Gasteiger partial charge >= 0.3 is 0 Å². The number of hydrogen-bond acceptors (Lipinski definition) is 4. The molecule has 2 aliphatic rings. The lowest BCUT2D eigenvalue weighted by Crippen LogP contribution is -2.44. The summed E-state index contributed by atoms with van der Waals surface area (Å²) >= 11 is 0. The molecule has 0 unspecified atom stereocenters. The van der Waals surface area contributed by atoms with Gasteiger partial charge in [-0.2, -0.15) is 0 Å². The number of rotatable bonds is 7. The topological polar surface area (TPSA) is 55.8 Å². The van der Waals surface area contributed by atoms with Crippen LogP contribution in [0.15, 0.2) is 54.6 Å². The summed E-state index contributed by atoms with van der Waals surface area (Å²) in [4.78, 5) is 17.7. The number of piperidine rings is 2. The summed E-state index contributed by atoms with van der Waals surface area (Å²) < 4.78 is 0. The van der Waals surface area contributed by atoms with Crippen LogP contribution in [-0.4, -0.2) is 59.1 Å². The molecule has 0 radical (unpaired) electrons. The van der Waals surface area contributed by atoms with Crippen LogP contribution in [0.3, 0.4) is 0 Å². The van der Waals surface area contributed by atoms with E-state index in [-0.39, 0.29) is 18.6 Å². The van der Waals surface area contributed by atoms with Crippen LogP contribution in [0.2, 0.25) is 0 Å². The lowest BCUT2D eigenvalue weighted by Gasteiger charge is -2.36. The molecule has 5 heteroatoms. The number of nitrogens with zero attached hydrogens (tertiary/aromatic N) is 2. The summed E-state index contributed by atoms with van der Waals surface area (Å²) in [5, 5.41) is 13.1. The van der Waals surface area contributed by atoms with Crippen molar-refractivity contribution in [3.63, 3.8) is 0 Å². The molecule has 0 saturated carbocycles. The standard InChI is InChI=1S/C26H35N3O2/c30-17-14-25-13-4-5-16-29(25)26(31)22-10-6-11-23(18-22)27-24-12-7-15-28(20-24)19-21-8-2-1-3-9-21/h1-3,6,8-11,18,24-25,27,30H,4-5,7,12-17,19-20H2/t24-,25-/m0/s1. The zero-order chi connectivity index (χ0) is 21.5. The van der Waals surface area contributed by atoms with Crippen molar-refractivity contribution in [3.8, 4) is 0 Å². The Labute approximate surface area is 186 Å². The van der Waals surface area contributed by atoms with Gasteiger partial charge in [0.05, 0.1) is 0 Å². The SMILES string of the molecule is O=C(c1cccc(N[C@H]2CCCN(Cc3ccccc3)C2)c1)N1CCCC[C@H]1CCO. The van der Waals surface area contributed by atoms with Gasteiger partial charge in [-0.25, -0.2) is 0 Å². The molecule has 31 heavy (non-hydrogen) atoms. The molecule has 2 aromatic rings. The average molecular weight is 422 g/mol. The molecule has 2 fully saturated rings. The number of carbonyl (C=O) groups is 1. The summed E-state index contributed by atoms with van der Waals surface area (Å²) in [6.07, 6.45) is 6.17. The Kier molecular flexibility index (Phi) is 7.60. The summed E-state index contributed by atoms with van der Waals surface area (Å²) in [7, 11) is 0. The van der Waals surface area contributed by atoms with Crippen LogP contribution >= 0.6 is 0 Å². The maximum atomic E-state index is 13.2. The Morgan fingerprint density at radius 1 is 1.00 bits per heavy atom.